The van der Waals surface area contributed by atoms with Crippen LogP contribution in [0.15, 0.2) is 0 Å². The molecule has 0 saturated carbocycles. The summed E-state index contributed by atoms with van der Waals surface area (Å²) >= 11 is 0. The molecule has 7 heteroatoms. The van der Waals surface area contributed by atoms with Crippen LogP contribution in [0.4, 0.5) is 0 Å². The maximum atomic E-state index is 9.83. The second kappa shape index (κ2) is 9.04. The zero-order chi connectivity index (χ0) is 8.20. The van der Waals surface area contributed by atoms with Gasteiger partial charge in [-0.05, 0) is 12.3 Å². The van der Waals surface area contributed by atoms with Crippen molar-refractivity contribution in [1.29, 1.82) is 0 Å². The molecule has 12 heavy (non-hydrogen) atoms. The Kier molecular flexibility index (Phi) is 14.4. The van der Waals surface area contributed by atoms with Gasteiger partial charge in [0, 0.05) is 0 Å². The van der Waals surface area contributed by atoms with E-state index < -0.39 is 10.4 Å². The Labute approximate surface area is 116 Å². The summed E-state index contributed by atoms with van der Waals surface area (Å²) in [6.07, 6.45) is 0.585. The molecule has 0 saturated heterocycles. The van der Waals surface area contributed by atoms with Gasteiger partial charge in [0.1, 0.15) is 0 Å². The molecule has 0 radical (unpaired) electrons. The molecule has 0 aliphatic rings. The van der Waals surface area contributed by atoms with E-state index in [1.807, 2.05) is 13.8 Å². The second-order valence-corrected chi connectivity index (χ2v) is 3.46. The minimum atomic E-state index is -4.47. The molecule has 0 fully saturated rings. The molecule has 0 heterocycles. The van der Waals surface area contributed by atoms with E-state index in [1.165, 1.54) is 0 Å². The van der Waals surface area contributed by atoms with Gasteiger partial charge in [-0.3, -0.25) is 4.18 Å². The van der Waals surface area contributed by atoms with Crippen molar-refractivity contribution in [3.63, 3.8) is 0 Å². The molecule has 0 bridgehead atoms. The average molecular weight is 224 g/mol. The van der Waals surface area contributed by atoms with Crippen molar-refractivity contribution >= 4 is 10.4 Å². The van der Waals surface area contributed by atoms with Gasteiger partial charge in [0.25, 0.3) is 0 Å². The Morgan fingerprint density at radius 2 is 1.83 bits per heavy atom. The first kappa shape index (κ1) is 19.1. The molecule has 2 N–H and O–H groups in total. The first-order valence-electron chi connectivity index (χ1n) is 3.02. The van der Waals surface area contributed by atoms with Gasteiger partial charge in [0.15, 0.2) is 0 Å². The fourth-order valence-corrected chi connectivity index (χ4v) is 0.686. The molecule has 0 unspecified atom stereocenters. The Morgan fingerprint density at radius 3 is 2.08 bits per heavy atom. The fraction of sp³-hybridized carbons (Fsp3) is 1.00. The molecule has 0 aliphatic heterocycles. The van der Waals surface area contributed by atoms with Crippen molar-refractivity contribution < 1.29 is 74.0 Å². The fourth-order valence-electron chi connectivity index (χ4n) is 0.386. The molecular weight excluding hydrogens is 211 g/mol. The summed E-state index contributed by atoms with van der Waals surface area (Å²) in [6.45, 7) is 3.82. The third-order valence-corrected chi connectivity index (χ3v) is 1.38. The van der Waals surface area contributed by atoms with E-state index >= 15 is 0 Å². The van der Waals surface area contributed by atoms with Crippen LogP contribution in [0.25, 0.3) is 0 Å². The zero-order valence-electron chi connectivity index (χ0n) is 7.53. The molecule has 0 aromatic rings. The normalized spacial score (nSPS) is 10.3. The third-order valence-electron chi connectivity index (χ3n) is 0.923. The van der Waals surface area contributed by atoms with Crippen molar-refractivity contribution in [3.05, 3.63) is 0 Å². The smallest absolute Gasteiger partial charge is 0.726 e. The van der Waals surface area contributed by atoms with Gasteiger partial charge < -0.3 is 10.0 Å². The molecule has 0 aliphatic carbocycles. The van der Waals surface area contributed by atoms with Crippen molar-refractivity contribution in [1.82, 2.24) is 0 Å². The van der Waals surface area contributed by atoms with Gasteiger partial charge in [-0.1, -0.05) is 13.8 Å². The SMILES string of the molecule is CC(C)CCOS(=O)(=O)[O-].O.[K+]. The minimum absolute atomic E-state index is 0. The quantitative estimate of drug-likeness (QED) is 0.283. The molecular formula is C5H13KO5S. The van der Waals surface area contributed by atoms with Crippen molar-refractivity contribution in [2.24, 2.45) is 5.92 Å². The predicted molar refractivity (Wildman–Crippen MR) is 38.7 cm³/mol. The average Bonchev–Trinajstić information content (AvgIpc) is 1.59. The van der Waals surface area contributed by atoms with E-state index in [0.717, 1.165) is 0 Å². The van der Waals surface area contributed by atoms with E-state index in [2.05, 4.69) is 4.18 Å². The van der Waals surface area contributed by atoms with Crippen molar-refractivity contribution in [3.8, 4) is 0 Å². The van der Waals surface area contributed by atoms with Gasteiger partial charge in [-0.15, -0.1) is 0 Å². The van der Waals surface area contributed by atoms with Crippen LogP contribution < -0.4 is 51.4 Å². The van der Waals surface area contributed by atoms with E-state index in [1.54, 1.807) is 0 Å². The van der Waals surface area contributed by atoms with Crippen LogP contribution in [0.2, 0.25) is 0 Å². The Bertz CT molecular complexity index is 176. The molecule has 0 spiro atoms. The molecule has 70 valence electrons. The molecule has 0 aromatic heterocycles. The summed E-state index contributed by atoms with van der Waals surface area (Å²) < 4.78 is 33.5. The third kappa shape index (κ3) is 17.5. The van der Waals surface area contributed by atoms with E-state index in [0.29, 0.717) is 12.3 Å². The zero-order valence-corrected chi connectivity index (χ0v) is 11.5. The van der Waals surface area contributed by atoms with Crippen molar-refractivity contribution in [2.45, 2.75) is 20.3 Å². The van der Waals surface area contributed by atoms with Crippen LogP contribution in [-0.4, -0.2) is 25.1 Å². The number of hydrogen-bond donors (Lipinski definition) is 0. The van der Waals surface area contributed by atoms with Crippen LogP contribution in [0.1, 0.15) is 20.3 Å². The first-order chi connectivity index (χ1) is 4.42. The standard InChI is InChI=1S/C5H12O4S.K.H2O/c1-5(2)3-4-9-10(6,7)8;;/h5H,3-4H2,1-2H3,(H,6,7,8);;1H2/q;+1;/p-1. The number of rotatable bonds is 4. The Morgan fingerprint density at radius 1 is 1.42 bits per heavy atom. The van der Waals surface area contributed by atoms with E-state index in [-0.39, 0.29) is 63.5 Å². The molecule has 0 aromatic carbocycles. The largest absolute Gasteiger partial charge is 1.00 e. The molecule has 0 atom stereocenters. The molecule has 0 rings (SSSR count). The maximum absolute atomic E-state index is 9.83. The summed E-state index contributed by atoms with van der Waals surface area (Å²) in [5.41, 5.74) is 0. The monoisotopic (exact) mass is 224 g/mol. The predicted octanol–water partition coefficient (Wildman–Crippen LogP) is -3.31. The van der Waals surface area contributed by atoms with Gasteiger partial charge >= 0.3 is 51.4 Å². The Hall–Kier alpha value is 1.47. The van der Waals surface area contributed by atoms with Crippen molar-refractivity contribution in [2.75, 3.05) is 6.61 Å². The van der Waals surface area contributed by atoms with Crippen LogP contribution in [0.3, 0.4) is 0 Å². The minimum Gasteiger partial charge on any atom is -0.726 e. The van der Waals surface area contributed by atoms with Crippen LogP contribution in [0, 0.1) is 5.92 Å². The second-order valence-electron chi connectivity index (χ2n) is 2.41. The Balaban J connectivity index is -0.000000405. The summed E-state index contributed by atoms with van der Waals surface area (Å²) in [4.78, 5) is 0. The van der Waals surface area contributed by atoms with Crippen LogP contribution in [0.5, 0.6) is 0 Å². The summed E-state index contributed by atoms with van der Waals surface area (Å²) in [6, 6.07) is 0. The van der Waals surface area contributed by atoms with Gasteiger partial charge in [0.2, 0.25) is 10.4 Å². The topological polar surface area (TPSA) is 97.9 Å². The van der Waals surface area contributed by atoms with Gasteiger partial charge in [-0.25, -0.2) is 8.42 Å². The van der Waals surface area contributed by atoms with Gasteiger partial charge in [0.05, 0.1) is 6.61 Å². The number of hydrogen-bond acceptors (Lipinski definition) is 4. The van der Waals surface area contributed by atoms with Crippen LogP contribution >= 0.6 is 0 Å². The van der Waals surface area contributed by atoms with E-state index in [9.17, 15) is 13.0 Å². The molecule has 0 amide bonds. The van der Waals surface area contributed by atoms with Crippen LogP contribution in [-0.2, 0) is 14.6 Å². The summed E-state index contributed by atoms with van der Waals surface area (Å²) in [7, 11) is -4.47. The maximum Gasteiger partial charge on any atom is 1.00 e. The summed E-state index contributed by atoms with van der Waals surface area (Å²) in [5, 5.41) is 0. The first-order valence-corrected chi connectivity index (χ1v) is 4.35. The van der Waals surface area contributed by atoms with E-state index in [4.69, 9.17) is 0 Å². The molecule has 5 nitrogen and oxygen atoms in total. The van der Waals surface area contributed by atoms with Gasteiger partial charge in [-0.2, -0.15) is 0 Å². The summed E-state index contributed by atoms with van der Waals surface area (Å²) in [5.74, 6) is 0.349.